The first-order chi connectivity index (χ1) is 11.1. The normalized spacial score (nSPS) is 10.9. The minimum absolute atomic E-state index is 0.0638. The van der Waals surface area contributed by atoms with Gasteiger partial charge in [-0.3, -0.25) is 4.79 Å². The number of carbonyl (C=O) groups is 1. The van der Waals surface area contributed by atoms with Crippen LogP contribution in [0.5, 0.6) is 5.75 Å². The second-order valence-corrected chi connectivity index (χ2v) is 5.75. The van der Waals surface area contributed by atoms with Crippen LogP contribution in [0.1, 0.15) is 15.4 Å². The van der Waals surface area contributed by atoms with E-state index in [9.17, 15) is 13.6 Å². The van der Waals surface area contributed by atoms with Crippen molar-refractivity contribution in [2.45, 2.75) is 13.2 Å². The van der Waals surface area contributed by atoms with Gasteiger partial charge in [-0.15, -0.1) is 11.3 Å². The fraction of sp³-hybridized carbons (Fsp3) is 0.125. The van der Waals surface area contributed by atoms with Crippen molar-refractivity contribution in [3.05, 3.63) is 59.1 Å². The summed E-state index contributed by atoms with van der Waals surface area (Å²) in [6.45, 7) is -2.76. The molecule has 1 heterocycles. The molecule has 0 spiro atoms. The first-order valence-corrected chi connectivity index (χ1v) is 7.61. The smallest absolute Gasteiger partial charge is 0.387 e. The molecule has 1 N–H and O–H groups in total. The Morgan fingerprint density at radius 2 is 1.91 bits per heavy atom. The molecule has 1 amide bonds. The van der Waals surface area contributed by atoms with Crippen LogP contribution in [0.3, 0.4) is 0 Å². The van der Waals surface area contributed by atoms with E-state index in [1.54, 1.807) is 6.07 Å². The van der Waals surface area contributed by atoms with E-state index >= 15 is 0 Å². The first kappa shape index (κ1) is 15.4. The van der Waals surface area contributed by atoms with Gasteiger partial charge in [-0.2, -0.15) is 8.78 Å². The number of aromatic nitrogens is 1. The predicted octanol–water partition coefficient (Wildman–Crippen LogP) is 3.83. The van der Waals surface area contributed by atoms with Crippen LogP contribution in [0.4, 0.5) is 8.78 Å². The summed E-state index contributed by atoms with van der Waals surface area (Å²) >= 11 is 1.47. The van der Waals surface area contributed by atoms with Crippen LogP contribution in [0.2, 0.25) is 0 Å². The number of benzene rings is 2. The van der Waals surface area contributed by atoms with Gasteiger partial charge in [0, 0.05) is 0 Å². The summed E-state index contributed by atoms with van der Waals surface area (Å²) in [5.41, 5.74) is 0.928. The number of rotatable bonds is 5. The molecule has 0 aliphatic rings. The summed E-state index contributed by atoms with van der Waals surface area (Å²) in [6.07, 6.45) is 0. The molecule has 3 rings (SSSR count). The number of hydrogen-bond acceptors (Lipinski definition) is 4. The van der Waals surface area contributed by atoms with E-state index in [0.717, 1.165) is 15.2 Å². The van der Waals surface area contributed by atoms with E-state index in [1.807, 2.05) is 24.3 Å². The van der Waals surface area contributed by atoms with Crippen molar-refractivity contribution in [1.82, 2.24) is 10.3 Å². The van der Waals surface area contributed by atoms with Gasteiger partial charge in [-0.25, -0.2) is 4.98 Å². The molecule has 0 radical (unpaired) electrons. The van der Waals surface area contributed by atoms with Gasteiger partial charge in [-0.05, 0) is 24.3 Å². The van der Waals surface area contributed by atoms with Crippen LogP contribution < -0.4 is 10.1 Å². The zero-order valence-electron chi connectivity index (χ0n) is 11.8. The summed E-state index contributed by atoms with van der Waals surface area (Å²) in [5.74, 6) is -0.634. The zero-order chi connectivity index (χ0) is 16.2. The van der Waals surface area contributed by atoms with Crippen LogP contribution in [0.15, 0.2) is 48.5 Å². The summed E-state index contributed by atoms with van der Waals surface area (Å²) in [5, 5.41) is 3.42. The van der Waals surface area contributed by atoms with Crippen LogP contribution in [-0.2, 0) is 6.54 Å². The van der Waals surface area contributed by atoms with Gasteiger partial charge in [0.05, 0.1) is 22.3 Å². The molecule has 0 aliphatic carbocycles. The van der Waals surface area contributed by atoms with E-state index < -0.39 is 12.5 Å². The number of halogens is 2. The lowest BCUT2D eigenvalue weighted by Gasteiger charge is -2.10. The molecule has 3 aromatic rings. The predicted molar refractivity (Wildman–Crippen MR) is 83.9 cm³/mol. The van der Waals surface area contributed by atoms with Crippen molar-refractivity contribution < 1.29 is 18.3 Å². The van der Waals surface area contributed by atoms with Crippen molar-refractivity contribution in [3.63, 3.8) is 0 Å². The molecule has 4 nitrogen and oxygen atoms in total. The third kappa shape index (κ3) is 3.62. The monoisotopic (exact) mass is 334 g/mol. The molecule has 0 aliphatic heterocycles. The SMILES string of the molecule is O=C(NCc1nc2ccccc2s1)c1ccccc1OC(F)F. The molecule has 0 saturated heterocycles. The molecule has 0 saturated carbocycles. The molecule has 23 heavy (non-hydrogen) atoms. The number of para-hydroxylation sites is 2. The molecular weight excluding hydrogens is 322 g/mol. The highest BCUT2D eigenvalue weighted by Crippen LogP contribution is 2.22. The summed E-state index contributed by atoms with van der Waals surface area (Å²) in [6, 6.07) is 13.5. The number of nitrogens with zero attached hydrogens (tertiary/aromatic N) is 1. The minimum Gasteiger partial charge on any atom is -0.434 e. The van der Waals surface area contributed by atoms with E-state index in [2.05, 4.69) is 15.0 Å². The van der Waals surface area contributed by atoms with Crippen molar-refractivity contribution >= 4 is 27.5 Å². The van der Waals surface area contributed by atoms with Gasteiger partial charge < -0.3 is 10.1 Å². The summed E-state index contributed by atoms with van der Waals surface area (Å²) in [4.78, 5) is 16.6. The first-order valence-electron chi connectivity index (χ1n) is 6.80. The lowest BCUT2D eigenvalue weighted by atomic mass is 10.2. The molecule has 2 aromatic carbocycles. The Morgan fingerprint density at radius 1 is 1.17 bits per heavy atom. The standard InChI is InChI=1S/C16H12F2N2O2S/c17-16(18)22-12-7-3-1-5-10(12)15(21)19-9-14-20-11-6-2-4-8-13(11)23-14/h1-8,16H,9H2,(H,19,21). The second kappa shape index (κ2) is 6.70. The number of ether oxygens (including phenoxy) is 1. The van der Waals surface area contributed by atoms with Crippen LogP contribution >= 0.6 is 11.3 Å². The summed E-state index contributed by atoms with van der Waals surface area (Å²) in [7, 11) is 0. The van der Waals surface area contributed by atoms with Crippen LogP contribution in [0.25, 0.3) is 10.2 Å². The topological polar surface area (TPSA) is 51.2 Å². The average Bonchev–Trinajstić information content (AvgIpc) is 2.95. The average molecular weight is 334 g/mol. The lowest BCUT2D eigenvalue weighted by molar-refractivity contribution is -0.0501. The third-order valence-electron chi connectivity index (χ3n) is 3.09. The largest absolute Gasteiger partial charge is 0.434 e. The van der Waals surface area contributed by atoms with Gasteiger partial charge in [0.2, 0.25) is 0 Å². The van der Waals surface area contributed by atoms with Gasteiger partial charge >= 0.3 is 6.61 Å². The van der Waals surface area contributed by atoms with Crippen molar-refractivity contribution in [1.29, 1.82) is 0 Å². The van der Waals surface area contributed by atoms with Gasteiger partial charge in [-0.1, -0.05) is 24.3 Å². The van der Waals surface area contributed by atoms with Gasteiger partial charge in [0.1, 0.15) is 10.8 Å². The van der Waals surface area contributed by atoms with Gasteiger partial charge in [0.15, 0.2) is 0 Å². The number of fused-ring (bicyclic) bond motifs is 1. The Hall–Kier alpha value is -2.54. The molecule has 1 aromatic heterocycles. The molecule has 0 unspecified atom stereocenters. The molecule has 0 bridgehead atoms. The lowest BCUT2D eigenvalue weighted by Crippen LogP contribution is -2.23. The Kier molecular flexibility index (Phi) is 4.47. The molecule has 0 fully saturated rings. The third-order valence-corrected chi connectivity index (χ3v) is 4.12. The van der Waals surface area contributed by atoms with Gasteiger partial charge in [0.25, 0.3) is 5.91 Å². The van der Waals surface area contributed by atoms with Crippen molar-refractivity contribution in [2.24, 2.45) is 0 Å². The fourth-order valence-corrected chi connectivity index (χ4v) is 3.01. The minimum atomic E-state index is -2.98. The summed E-state index contributed by atoms with van der Waals surface area (Å²) < 4.78 is 30.1. The van der Waals surface area contributed by atoms with Crippen molar-refractivity contribution in [3.8, 4) is 5.75 Å². The highest BCUT2D eigenvalue weighted by molar-refractivity contribution is 7.18. The second-order valence-electron chi connectivity index (χ2n) is 4.63. The van der Waals surface area contributed by atoms with Crippen LogP contribution in [-0.4, -0.2) is 17.5 Å². The molecular formula is C16H12F2N2O2S. The quantitative estimate of drug-likeness (QED) is 0.771. The number of carbonyl (C=O) groups excluding carboxylic acids is 1. The van der Waals surface area contributed by atoms with E-state index in [1.165, 1.54) is 29.5 Å². The van der Waals surface area contributed by atoms with E-state index in [4.69, 9.17) is 0 Å². The van der Waals surface area contributed by atoms with E-state index in [-0.39, 0.29) is 17.9 Å². The van der Waals surface area contributed by atoms with E-state index in [0.29, 0.717) is 0 Å². The number of thiazole rings is 1. The van der Waals surface area contributed by atoms with Crippen molar-refractivity contribution in [2.75, 3.05) is 0 Å². The highest BCUT2D eigenvalue weighted by Gasteiger charge is 2.15. The number of alkyl halides is 2. The number of amides is 1. The zero-order valence-corrected chi connectivity index (χ0v) is 12.6. The Morgan fingerprint density at radius 3 is 2.70 bits per heavy atom. The van der Waals surface area contributed by atoms with Crippen LogP contribution in [0, 0.1) is 0 Å². The highest BCUT2D eigenvalue weighted by atomic mass is 32.1. The Labute approximate surface area is 134 Å². The Bertz CT molecular complexity index is 803. The maximum atomic E-state index is 12.4. The molecule has 7 heteroatoms. The number of nitrogens with one attached hydrogen (secondary N) is 1. The maximum absolute atomic E-state index is 12.4. The number of hydrogen-bond donors (Lipinski definition) is 1. The molecule has 0 atom stereocenters. The maximum Gasteiger partial charge on any atom is 0.387 e. The molecule has 118 valence electrons. The fourth-order valence-electron chi connectivity index (χ4n) is 2.10. The Balaban J connectivity index is 1.72.